The zero-order valence-corrected chi connectivity index (χ0v) is 7.81. The molecular formula is C10H14N2O. The average molecular weight is 178 g/mol. The fraction of sp³-hybridized carbons (Fsp3) is 0.400. The van der Waals surface area contributed by atoms with Gasteiger partial charge in [0.2, 0.25) is 0 Å². The second-order valence-electron chi connectivity index (χ2n) is 3.05. The van der Waals surface area contributed by atoms with E-state index in [2.05, 4.69) is 9.88 Å². The summed E-state index contributed by atoms with van der Waals surface area (Å²) in [6.07, 6.45) is 5.14. The second kappa shape index (κ2) is 5.43. The fourth-order valence-electron chi connectivity index (χ4n) is 1.16. The molecule has 0 amide bonds. The van der Waals surface area contributed by atoms with Gasteiger partial charge in [0, 0.05) is 31.9 Å². The molecule has 0 aliphatic heterocycles. The normalized spacial score (nSPS) is 10.3. The van der Waals surface area contributed by atoms with Gasteiger partial charge in [-0.3, -0.25) is 4.98 Å². The molecule has 0 N–H and O–H groups in total. The van der Waals surface area contributed by atoms with Gasteiger partial charge in [0.15, 0.2) is 0 Å². The largest absolute Gasteiger partial charge is 0.303 e. The Morgan fingerprint density at radius 2 is 2.46 bits per heavy atom. The Morgan fingerprint density at radius 3 is 3.08 bits per heavy atom. The van der Waals surface area contributed by atoms with Gasteiger partial charge >= 0.3 is 0 Å². The molecule has 0 saturated heterocycles. The lowest BCUT2D eigenvalue weighted by Crippen LogP contribution is -2.19. The lowest BCUT2D eigenvalue weighted by molar-refractivity contribution is -0.108. The van der Waals surface area contributed by atoms with Gasteiger partial charge in [-0.05, 0) is 18.7 Å². The van der Waals surface area contributed by atoms with E-state index in [1.54, 1.807) is 6.20 Å². The molecule has 0 radical (unpaired) electrons. The third-order valence-corrected chi connectivity index (χ3v) is 1.80. The van der Waals surface area contributed by atoms with Crippen molar-refractivity contribution in [3.05, 3.63) is 30.1 Å². The molecule has 1 rings (SSSR count). The molecule has 0 aliphatic rings. The van der Waals surface area contributed by atoms with Crippen molar-refractivity contribution in [2.75, 3.05) is 13.6 Å². The molecule has 0 unspecified atom stereocenters. The highest BCUT2D eigenvalue weighted by molar-refractivity contribution is 5.49. The Bertz CT molecular complexity index is 248. The molecule has 1 aromatic heterocycles. The van der Waals surface area contributed by atoms with Crippen LogP contribution in [0.3, 0.4) is 0 Å². The first-order valence-corrected chi connectivity index (χ1v) is 4.34. The zero-order chi connectivity index (χ0) is 9.52. The molecule has 3 heteroatoms. The lowest BCUT2D eigenvalue weighted by atomic mass is 10.2. The average Bonchev–Trinajstić information content (AvgIpc) is 2.16. The molecule has 0 aromatic carbocycles. The van der Waals surface area contributed by atoms with E-state index >= 15 is 0 Å². The molecular weight excluding hydrogens is 164 g/mol. The number of nitrogens with zero attached hydrogens (tertiary/aromatic N) is 2. The molecule has 0 aliphatic carbocycles. The predicted molar refractivity (Wildman–Crippen MR) is 51.3 cm³/mol. The van der Waals surface area contributed by atoms with Crippen LogP contribution < -0.4 is 0 Å². The quantitative estimate of drug-likeness (QED) is 0.633. The van der Waals surface area contributed by atoms with Crippen molar-refractivity contribution >= 4 is 6.29 Å². The van der Waals surface area contributed by atoms with E-state index in [0.717, 1.165) is 19.4 Å². The van der Waals surface area contributed by atoms with Crippen LogP contribution in [-0.4, -0.2) is 29.8 Å². The maximum Gasteiger partial charge on any atom is 0.121 e. The van der Waals surface area contributed by atoms with Crippen molar-refractivity contribution < 1.29 is 4.79 Å². The number of aldehydes is 1. The zero-order valence-electron chi connectivity index (χ0n) is 7.81. The molecule has 1 aromatic rings. The first-order valence-electron chi connectivity index (χ1n) is 4.34. The van der Waals surface area contributed by atoms with Crippen LogP contribution in [0.25, 0.3) is 0 Å². The third-order valence-electron chi connectivity index (χ3n) is 1.80. The maximum absolute atomic E-state index is 10.1. The molecule has 70 valence electrons. The topological polar surface area (TPSA) is 33.2 Å². The highest BCUT2D eigenvalue weighted by atomic mass is 16.1. The van der Waals surface area contributed by atoms with Gasteiger partial charge < -0.3 is 9.69 Å². The molecule has 0 fully saturated rings. The van der Waals surface area contributed by atoms with Gasteiger partial charge in [-0.1, -0.05) is 6.07 Å². The molecule has 1 heterocycles. The van der Waals surface area contributed by atoms with Crippen molar-refractivity contribution in [3.8, 4) is 0 Å². The summed E-state index contributed by atoms with van der Waals surface area (Å²) in [5, 5.41) is 0. The number of hydrogen-bond donors (Lipinski definition) is 0. The number of carbonyl (C=O) groups excluding carboxylic acids is 1. The summed E-state index contributed by atoms with van der Waals surface area (Å²) in [5.41, 5.74) is 1.18. The summed E-state index contributed by atoms with van der Waals surface area (Å²) in [6.45, 7) is 1.65. The molecule has 3 nitrogen and oxygen atoms in total. The van der Waals surface area contributed by atoms with Gasteiger partial charge in [0.1, 0.15) is 6.29 Å². The first-order chi connectivity index (χ1) is 6.33. The highest BCUT2D eigenvalue weighted by Gasteiger charge is 1.98. The van der Waals surface area contributed by atoms with E-state index in [9.17, 15) is 4.79 Å². The number of carbonyl (C=O) groups is 1. The van der Waals surface area contributed by atoms with Gasteiger partial charge in [-0.15, -0.1) is 0 Å². The SMILES string of the molecule is CN(CCC=O)Cc1cccnc1. The second-order valence-corrected chi connectivity index (χ2v) is 3.05. The number of rotatable bonds is 5. The van der Waals surface area contributed by atoms with Crippen molar-refractivity contribution in [2.45, 2.75) is 13.0 Å². The van der Waals surface area contributed by atoms with E-state index in [0.29, 0.717) is 6.42 Å². The standard InChI is InChI=1S/C10H14N2O/c1-12(6-3-7-13)9-10-4-2-5-11-8-10/h2,4-5,7-8H,3,6,9H2,1H3. The minimum atomic E-state index is 0.594. The van der Waals surface area contributed by atoms with E-state index in [1.807, 2.05) is 25.4 Å². The van der Waals surface area contributed by atoms with Crippen LogP contribution in [0.1, 0.15) is 12.0 Å². The molecule has 0 saturated carbocycles. The van der Waals surface area contributed by atoms with Crippen molar-refractivity contribution in [1.29, 1.82) is 0 Å². The highest BCUT2D eigenvalue weighted by Crippen LogP contribution is 2.00. The Kier molecular flexibility index (Phi) is 4.12. The van der Waals surface area contributed by atoms with Crippen LogP contribution in [0.2, 0.25) is 0 Å². The minimum absolute atomic E-state index is 0.594. The Morgan fingerprint density at radius 1 is 1.62 bits per heavy atom. The lowest BCUT2D eigenvalue weighted by Gasteiger charge is -2.14. The minimum Gasteiger partial charge on any atom is -0.303 e. The van der Waals surface area contributed by atoms with E-state index in [-0.39, 0.29) is 0 Å². The van der Waals surface area contributed by atoms with Crippen LogP contribution in [0.5, 0.6) is 0 Å². The van der Waals surface area contributed by atoms with Crippen molar-refractivity contribution in [1.82, 2.24) is 9.88 Å². The summed E-state index contributed by atoms with van der Waals surface area (Å²) in [4.78, 5) is 16.2. The fourth-order valence-corrected chi connectivity index (χ4v) is 1.16. The molecule has 13 heavy (non-hydrogen) atoms. The van der Waals surface area contributed by atoms with Crippen LogP contribution in [0.4, 0.5) is 0 Å². The van der Waals surface area contributed by atoms with Gasteiger partial charge in [-0.25, -0.2) is 0 Å². The van der Waals surface area contributed by atoms with Gasteiger partial charge in [0.25, 0.3) is 0 Å². The summed E-state index contributed by atoms with van der Waals surface area (Å²) in [6, 6.07) is 3.95. The van der Waals surface area contributed by atoms with Crippen LogP contribution in [-0.2, 0) is 11.3 Å². The number of hydrogen-bond acceptors (Lipinski definition) is 3. The summed E-state index contributed by atoms with van der Waals surface area (Å²) in [5.74, 6) is 0. The molecule has 0 spiro atoms. The summed E-state index contributed by atoms with van der Waals surface area (Å²) < 4.78 is 0. The molecule has 0 atom stereocenters. The number of pyridine rings is 1. The van der Waals surface area contributed by atoms with Crippen LogP contribution in [0, 0.1) is 0 Å². The van der Waals surface area contributed by atoms with E-state index in [1.165, 1.54) is 5.56 Å². The Labute approximate surface area is 78.4 Å². The Balaban J connectivity index is 2.36. The van der Waals surface area contributed by atoms with Crippen LogP contribution in [0.15, 0.2) is 24.5 Å². The van der Waals surface area contributed by atoms with Crippen LogP contribution >= 0.6 is 0 Å². The van der Waals surface area contributed by atoms with Crippen molar-refractivity contribution in [3.63, 3.8) is 0 Å². The van der Waals surface area contributed by atoms with Gasteiger partial charge in [0.05, 0.1) is 0 Å². The third kappa shape index (κ3) is 3.80. The summed E-state index contributed by atoms with van der Waals surface area (Å²) in [7, 11) is 2.00. The van der Waals surface area contributed by atoms with Crippen molar-refractivity contribution in [2.24, 2.45) is 0 Å². The van der Waals surface area contributed by atoms with Gasteiger partial charge in [-0.2, -0.15) is 0 Å². The molecule has 0 bridgehead atoms. The first kappa shape index (κ1) is 9.86. The smallest absolute Gasteiger partial charge is 0.121 e. The predicted octanol–water partition coefficient (Wildman–Crippen LogP) is 1.10. The number of aromatic nitrogens is 1. The monoisotopic (exact) mass is 178 g/mol. The van der Waals surface area contributed by atoms with E-state index < -0.39 is 0 Å². The van der Waals surface area contributed by atoms with E-state index in [4.69, 9.17) is 0 Å². The summed E-state index contributed by atoms with van der Waals surface area (Å²) >= 11 is 0. The maximum atomic E-state index is 10.1. The Hall–Kier alpha value is -1.22.